The number of thiophene rings is 1. The molecule has 1 atom stereocenters. The number of alkyl halides is 6. The second-order valence-corrected chi connectivity index (χ2v) is 10.4. The maximum absolute atomic E-state index is 15.1. The summed E-state index contributed by atoms with van der Waals surface area (Å²) in [5, 5.41) is 0.594. The van der Waals surface area contributed by atoms with E-state index in [2.05, 4.69) is 10.2 Å². The summed E-state index contributed by atoms with van der Waals surface area (Å²) in [7, 11) is 1.11. The molecule has 1 unspecified atom stereocenters. The number of carbonyl (C=O) groups is 2. The molecule has 3 rings (SSSR count). The van der Waals surface area contributed by atoms with Crippen molar-refractivity contribution in [2.45, 2.75) is 25.2 Å². The third-order valence-electron chi connectivity index (χ3n) is 5.52. The Bertz CT molecular complexity index is 1500. The van der Waals surface area contributed by atoms with Gasteiger partial charge in [-0.25, -0.2) is 9.18 Å². The fraction of sp³-hybridized carbons (Fsp3) is 0.200. The van der Waals surface area contributed by atoms with Crippen LogP contribution < -0.4 is 10.9 Å². The van der Waals surface area contributed by atoms with Crippen molar-refractivity contribution in [2.75, 3.05) is 12.5 Å². The van der Waals surface area contributed by atoms with Gasteiger partial charge in [-0.05, 0) is 53.8 Å². The number of hydrogen-bond donors (Lipinski definition) is 2. The molecule has 41 heavy (non-hydrogen) atoms. The van der Waals surface area contributed by atoms with E-state index in [1.54, 1.807) is 6.92 Å². The van der Waals surface area contributed by atoms with Crippen molar-refractivity contribution >= 4 is 69.5 Å². The van der Waals surface area contributed by atoms with Crippen molar-refractivity contribution in [2.24, 2.45) is 0 Å². The number of amides is 1. The maximum atomic E-state index is 15.1. The first-order valence-electron chi connectivity index (χ1n) is 11.0. The lowest BCUT2D eigenvalue weighted by Crippen LogP contribution is -2.32. The molecule has 0 aliphatic rings. The van der Waals surface area contributed by atoms with E-state index in [9.17, 15) is 35.9 Å². The molecule has 2 N–H and O–H groups in total. The van der Waals surface area contributed by atoms with Crippen LogP contribution in [0.2, 0.25) is 15.1 Å². The van der Waals surface area contributed by atoms with Crippen LogP contribution in [0.4, 0.5) is 36.4 Å². The van der Waals surface area contributed by atoms with Crippen molar-refractivity contribution in [1.82, 2.24) is 5.43 Å². The third kappa shape index (κ3) is 7.45. The van der Waals surface area contributed by atoms with Crippen LogP contribution in [-0.2, 0) is 10.9 Å². The standard InChI is InChI=1S/C25H16Cl3F7N2O3S/c1-10-9-41-21(23(39)40-2)20(10)36-37-22(38)13-4-3-11(5-15(13)25(33,34)35)18(29)8-14(24(30,31)32)12-6-16(26)19(28)17(27)7-12/h3-9,14,36H,1-2H3,(H,37,38). The second kappa shape index (κ2) is 12.5. The van der Waals surface area contributed by atoms with E-state index < -0.39 is 58.2 Å². The van der Waals surface area contributed by atoms with Crippen molar-refractivity contribution < 1.29 is 45.1 Å². The summed E-state index contributed by atoms with van der Waals surface area (Å²) in [5.74, 6) is -6.41. The van der Waals surface area contributed by atoms with Crippen LogP contribution >= 0.6 is 46.1 Å². The third-order valence-corrected chi connectivity index (χ3v) is 7.80. The Morgan fingerprint density at radius 2 is 1.63 bits per heavy atom. The monoisotopic (exact) mass is 662 g/mol. The number of nitrogens with one attached hydrogen (secondary N) is 2. The normalized spacial score (nSPS) is 13.1. The summed E-state index contributed by atoms with van der Waals surface area (Å²) >= 11 is 18.3. The summed E-state index contributed by atoms with van der Waals surface area (Å²) in [5.41, 5.74) is 0.842. The highest BCUT2D eigenvalue weighted by Gasteiger charge is 2.41. The van der Waals surface area contributed by atoms with Crippen LogP contribution in [0.25, 0.3) is 5.83 Å². The number of methoxy groups -OCH3 is 1. The van der Waals surface area contributed by atoms with Gasteiger partial charge >= 0.3 is 18.3 Å². The topological polar surface area (TPSA) is 67.4 Å². The number of hydrogen-bond acceptors (Lipinski definition) is 5. The van der Waals surface area contributed by atoms with E-state index >= 15 is 4.39 Å². The first kappa shape index (κ1) is 32.5. The number of benzene rings is 2. The summed E-state index contributed by atoms with van der Waals surface area (Å²) in [6.07, 6.45) is -10.3. The second-order valence-electron chi connectivity index (χ2n) is 8.28. The molecule has 0 saturated carbocycles. The van der Waals surface area contributed by atoms with Crippen LogP contribution in [0.3, 0.4) is 0 Å². The number of carbonyl (C=O) groups excluding carboxylic acids is 2. The Kier molecular flexibility index (Phi) is 9.89. The van der Waals surface area contributed by atoms with E-state index in [0.717, 1.165) is 30.6 Å². The summed E-state index contributed by atoms with van der Waals surface area (Å²) in [4.78, 5) is 24.6. The number of aryl methyl sites for hydroxylation is 1. The molecule has 0 fully saturated rings. The molecule has 0 bridgehead atoms. The molecule has 16 heteroatoms. The van der Waals surface area contributed by atoms with Crippen molar-refractivity contribution in [1.29, 1.82) is 0 Å². The smallest absolute Gasteiger partial charge is 0.417 e. The average molecular weight is 664 g/mol. The number of ether oxygens (including phenoxy) is 1. The highest BCUT2D eigenvalue weighted by atomic mass is 35.5. The molecule has 0 saturated heterocycles. The molecule has 1 aromatic heterocycles. The van der Waals surface area contributed by atoms with Gasteiger partial charge in [-0.2, -0.15) is 26.3 Å². The SMILES string of the molecule is COC(=O)c1scc(C)c1NNC(=O)c1ccc(C(F)=CC(c2cc(Cl)c(Cl)c(Cl)c2)C(F)(F)F)cc1C(F)(F)F. The molecule has 0 aliphatic heterocycles. The van der Waals surface area contributed by atoms with Crippen molar-refractivity contribution in [3.05, 3.63) is 89.6 Å². The highest BCUT2D eigenvalue weighted by molar-refractivity contribution is 7.12. The molecular weight excluding hydrogens is 648 g/mol. The first-order chi connectivity index (χ1) is 18.9. The lowest BCUT2D eigenvalue weighted by atomic mass is 9.95. The minimum Gasteiger partial charge on any atom is -0.465 e. The molecule has 3 aromatic rings. The molecule has 220 valence electrons. The Hall–Kier alpha value is -3.00. The van der Waals surface area contributed by atoms with Gasteiger partial charge in [0.2, 0.25) is 0 Å². The Morgan fingerprint density at radius 1 is 1.02 bits per heavy atom. The van der Waals surface area contributed by atoms with Gasteiger partial charge in [-0.15, -0.1) is 11.3 Å². The van der Waals surface area contributed by atoms with Gasteiger partial charge in [0, 0.05) is 5.56 Å². The van der Waals surface area contributed by atoms with E-state index in [-0.39, 0.29) is 37.8 Å². The summed E-state index contributed by atoms with van der Waals surface area (Å²) in [6, 6.07) is 3.12. The fourth-order valence-electron chi connectivity index (χ4n) is 3.53. The minimum absolute atomic E-state index is 0.0337. The summed E-state index contributed by atoms with van der Waals surface area (Å²) in [6.45, 7) is 1.56. The number of allylic oxidation sites excluding steroid dienone is 1. The van der Waals surface area contributed by atoms with E-state index in [4.69, 9.17) is 34.8 Å². The largest absolute Gasteiger partial charge is 0.465 e. The van der Waals surface area contributed by atoms with Crippen molar-refractivity contribution in [3.8, 4) is 0 Å². The molecule has 0 spiro atoms. The lowest BCUT2D eigenvalue weighted by molar-refractivity contribution is -0.140. The average Bonchev–Trinajstić information content (AvgIpc) is 3.26. The predicted octanol–water partition coefficient (Wildman–Crippen LogP) is 9.24. The molecule has 5 nitrogen and oxygen atoms in total. The Morgan fingerprint density at radius 3 is 2.17 bits per heavy atom. The van der Waals surface area contributed by atoms with Gasteiger partial charge in [0.1, 0.15) is 16.6 Å². The Balaban J connectivity index is 1.98. The first-order valence-corrected chi connectivity index (χ1v) is 13.0. The fourth-order valence-corrected chi connectivity index (χ4v) is 5.07. The van der Waals surface area contributed by atoms with E-state index in [0.29, 0.717) is 17.7 Å². The number of halogens is 10. The van der Waals surface area contributed by atoms with Gasteiger partial charge in [0.15, 0.2) is 0 Å². The van der Waals surface area contributed by atoms with Gasteiger partial charge in [-0.3, -0.25) is 15.6 Å². The van der Waals surface area contributed by atoms with Gasteiger partial charge < -0.3 is 4.74 Å². The predicted molar refractivity (Wildman–Crippen MR) is 142 cm³/mol. The van der Waals surface area contributed by atoms with Gasteiger partial charge in [0.25, 0.3) is 5.91 Å². The van der Waals surface area contributed by atoms with Crippen LogP contribution in [0.5, 0.6) is 0 Å². The molecule has 0 radical (unpaired) electrons. The zero-order valence-corrected chi connectivity index (χ0v) is 23.6. The number of anilines is 1. The van der Waals surface area contributed by atoms with Crippen LogP contribution in [-0.4, -0.2) is 25.2 Å². The maximum Gasteiger partial charge on any atom is 0.417 e. The van der Waals surface area contributed by atoms with Crippen molar-refractivity contribution in [3.63, 3.8) is 0 Å². The quantitative estimate of drug-likeness (QED) is 0.115. The van der Waals surface area contributed by atoms with Crippen LogP contribution in [0, 0.1) is 6.92 Å². The lowest BCUT2D eigenvalue weighted by Gasteiger charge is -2.19. The number of rotatable bonds is 7. The van der Waals surface area contributed by atoms with Crippen LogP contribution in [0.1, 0.15) is 48.2 Å². The summed E-state index contributed by atoms with van der Waals surface area (Å²) < 4.78 is 103. The van der Waals surface area contributed by atoms with E-state index in [1.807, 2.05) is 5.43 Å². The van der Waals surface area contributed by atoms with E-state index in [1.165, 1.54) is 5.38 Å². The van der Waals surface area contributed by atoms with Crippen LogP contribution in [0.15, 0.2) is 41.8 Å². The molecular formula is C25H16Cl3F7N2O3S. The van der Waals surface area contributed by atoms with Gasteiger partial charge in [0.05, 0.1) is 39.0 Å². The highest BCUT2D eigenvalue weighted by Crippen LogP contribution is 2.43. The zero-order chi connectivity index (χ0) is 30.9. The number of hydrazine groups is 1. The Labute approximate surface area is 246 Å². The van der Waals surface area contributed by atoms with Gasteiger partial charge in [-0.1, -0.05) is 40.9 Å². The molecule has 0 aliphatic carbocycles. The number of esters is 1. The molecule has 1 amide bonds. The minimum atomic E-state index is -5.21. The molecule has 2 aromatic carbocycles. The molecule has 1 heterocycles. The zero-order valence-electron chi connectivity index (χ0n) is 20.5.